The van der Waals surface area contributed by atoms with Crippen molar-refractivity contribution in [3.63, 3.8) is 0 Å². The lowest BCUT2D eigenvalue weighted by atomic mass is 10.1. The largest absolute Gasteiger partial charge is 0.439 e. The Balaban J connectivity index is 1.35. The van der Waals surface area contributed by atoms with Gasteiger partial charge >= 0.3 is 5.97 Å². The first-order valence-electron chi connectivity index (χ1n) is 9.07. The van der Waals surface area contributed by atoms with Crippen molar-refractivity contribution in [3.05, 3.63) is 89.6 Å². The molecule has 0 unspecified atom stereocenters. The number of carbonyl (C=O) groups is 1. The van der Waals surface area contributed by atoms with Crippen LogP contribution in [0.25, 0.3) is 10.6 Å². The van der Waals surface area contributed by atoms with Crippen LogP contribution in [0.3, 0.4) is 0 Å². The summed E-state index contributed by atoms with van der Waals surface area (Å²) in [6.07, 6.45) is 1.78. The second-order valence-corrected chi connectivity index (χ2v) is 7.26. The second-order valence-electron chi connectivity index (χ2n) is 6.41. The van der Waals surface area contributed by atoms with E-state index in [1.54, 1.807) is 36.5 Å². The fraction of sp³-hybridized carbons (Fsp3) is 0.0870. The minimum atomic E-state index is -0.357. The molecule has 144 valence electrons. The van der Waals surface area contributed by atoms with Gasteiger partial charge in [-0.3, -0.25) is 4.79 Å². The molecule has 0 aliphatic carbocycles. The van der Waals surface area contributed by atoms with Crippen molar-refractivity contribution in [1.29, 1.82) is 0 Å². The molecule has 4 rings (SSSR count). The molecule has 2 aromatic heterocycles. The van der Waals surface area contributed by atoms with E-state index in [1.165, 1.54) is 16.9 Å². The molecular formula is C23H18N2O3S. The van der Waals surface area contributed by atoms with Crippen molar-refractivity contribution >= 4 is 17.3 Å². The number of nitrogens with zero attached hydrogens (tertiary/aromatic N) is 2. The standard InChI is InChI=1S/C23H18N2O3S/c1-16-5-4-6-17(13-16)23-25-18(15-29-23)14-22(26)28-20-10-8-19(9-11-20)27-21-7-2-3-12-24-21/h2-13,15H,14H2,1H3. The molecule has 6 heteroatoms. The topological polar surface area (TPSA) is 61.3 Å². The van der Waals surface area contributed by atoms with Crippen LogP contribution < -0.4 is 9.47 Å². The highest BCUT2D eigenvalue weighted by molar-refractivity contribution is 7.13. The zero-order valence-electron chi connectivity index (χ0n) is 15.7. The van der Waals surface area contributed by atoms with Gasteiger partial charge in [-0.05, 0) is 43.3 Å². The zero-order chi connectivity index (χ0) is 20.1. The third-order valence-corrected chi connectivity index (χ3v) is 5.00. The Labute approximate surface area is 172 Å². The number of ether oxygens (including phenoxy) is 2. The number of carbonyl (C=O) groups excluding carboxylic acids is 1. The number of benzene rings is 2. The van der Waals surface area contributed by atoms with Gasteiger partial charge in [0.15, 0.2) is 0 Å². The molecule has 2 heterocycles. The first-order chi connectivity index (χ1) is 14.2. The molecule has 0 radical (unpaired) electrons. The maximum absolute atomic E-state index is 12.3. The van der Waals surface area contributed by atoms with Gasteiger partial charge in [0.1, 0.15) is 16.5 Å². The molecule has 0 saturated heterocycles. The molecular weight excluding hydrogens is 384 g/mol. The summed E-state index contributed by atoms with van der Waals surface area (Å²) in [4.78, 5) is 20.9. The molecule has 4 aromatic rings. The molecule has 0 atom stereocenters. The van der Waals surface area contributed by atoms with Crippen molar-refractivity contribution in [2.24, 2.45) is 0 Å². The second kappa shape index (κ2) is 8.67. The van der Waals surface area contributed by atoms with Gasteiger partial charge in [-0.25, -0.2) is 9.97 Å². The Morgan fingerprint density at radius 2 is 1.83 bits per heavy atom. The summed E-state index contributed by atoms with van der Waals surface area (Å²) in [5.74, 6) is 1.22. The Morgan fingerprint density at radius 1 is 1.00 bits per heavy atom. The van der Waals surface area contributed by atoms with E-state index < -0.39 is 0 Å². The Kier molecular flexibility index (Phi) is 5.63. The van der Waals surface area contributed by atoms with Gasteiger partial charge in [0, 0.05) is 23.2 Å². The third kappa shape index (κ3) is 5.06. The molecule has 2 aromatic carbocycles. The van der Waals surface area contributed by atoms with Gasteiger partial charge in [-0.1, -0.05) is 29.8 Å². The average Bonchev–Trinajstić information content (AvgIpc) is 3.19. The number of hydrogen-bond donors (Lipinski definition) is 0. The molecule has 0 aliphatic heterocycles. The van der Waals surface area contributed by atoms with Crippen LogP contribution in [-0.2, 0) is 11.2 Å². The molecule has 5 nitrogen and oxygen atoms in total. The van der Waals surface area contributed by atoms with Crippen LogP contribution in [0.4, 0.5) is 0 Å². The Morgan fingerprint density at radius 3 is 2.59 bits per heavy atom. The lowest BCUT2D eigenvalue weighted by Crippen LogP contribution is -2.11. The van der Waals surface area contributed by atoms with Crippen molar-refractivity contribution in [2.45, 2.75) is 13.3 Å². The fourth-order valence-corrected chi connectivity index (χ4v) is 3.53. The zero-order valence-corrected chi connectivity index (χ0v) is 16.6. The van der Waals surface area contributed by atoms with E-state index in [-0.39, 0.29) is 12.4 Å². The molecule has 0 fully saturated rings. The molecule has 0 N–H and O–H groups in total. The van der Waals surface area contributed by atoms with Crippen LogP contribution in [0.15, 0.2) is 78.3 Å². The summed E-state index contributed by atoms with van der Waals surface area (Å²) in [6.45, 7) is 2.04. The van der Waals surface area contributed by atoms with Crippen molar-refractivity contribution in [2.75, 3.05) is 0 Å². The molecule has 0 aliphatic rings. The van der Waals surface area contributed by atoms with Crippen LogP contribution in [0.2, 0.25) is 0 Å². The number of pyridine rings is 1. The van der Waals surface area contributed by atoms with Gasteiger partial charge in [0.2, 0.25) is 5.88 Å². The predicted molar refractivity (Wildman–Crippen MR) is 112 cm³/mol. The maximum Gasteiger partial charge on any atom is 0.317 e. The molecule has 0 spiro atoms. The lowest BCUT2D eigenvalue weighted by Gasteiger charge is -2.06. The fourth-order valence-electron chi connectivity index (χ4n) is 2.72. The van der Waals surface area contributed by atoms with E-state index in [2.05, 4.69) is 16.0 Å². The number of aromatic nitrogens is 2. The van der Waals surface area contributed by atoms with Crippen LogP contribution in [0.1, 0.15) is 11.3 Å². The van der Waals surface area contributed by atoms with Crippen LogP contribution in [0.5, 0.6) is 17.4 Å². The highest BCUT2D eigenvalue weighted by Gasteiger charge is 2.11. The number of hydrogen-bond acceptors (Lipinski definition) is 6. The van der Waals surface area contributed by atoms with Crippen LogP contribution in [0, 0.1) is 6.92 Å². The minimum Gasteiger partial charge on any atom is -0.439 e. The normalized spacial score (nSPS) is 10.5. The Bertz CT molecular complexity index is 1110. The van der Waals surface area contributed by atoms with Gasteiger partial charge in [0.25, 0.3) is 0 Å². The summed E-state index contributed by atoms with van der Waals surface area (Å²) in [5.41, 5.74) is 2.93. The summed E-state index contributed by atoms with van der Waals surface area (Å²) >= 11 is 1.52. The number of thiazole rings is 1. The lowest BCUT2D eigenvalue weighted by molar-refractivity contribution is -0.133. The Hall–Kier alpha value is -3.51. The van der Waals surface area contributed by atoms with Crippen molar-refractivity contribution in [1.82, 2.24) is 9.97 Å². The smallest absolute Gasteiger partial charge is 0.317 e. The maximum atomic E-state index is 12.3. The molecule has 0 saturated carbocycles. The molecule has 0 bridgehead atoms. The highest BCUT2D eigenvalue weighted by Crippen LogP contribution is 2.25. The number of rotatable bonds is 6. The minimum absolute atomic E-state index is 0.120. The highest BCUT2D eigenvalue weighted by atomic mass is 32.1. The number of aryl methyl sites for hydroxylation is 1. The molecule has 29 heavy (non-hydrogen) atoms. The predicted octanol–water partition coefficient (Wildman–Crippen LogP) is 5.45. The van der Waals surface area contributed by atoms with E-state index in [4.69, 9.17) is 9.47 Å². The van der Waals surface area contributed by atoms with E-state index >= 15 is 0 Å². The van der Waals surface area contributed by atoms with E-state index in [9.17, 15) is 4.79 Å². The van der Waals surface area contributed by atoms with Crippen molar-refractivity contribution in [3.8, 4) is 28.0 Å². The first-order valence-corrected chi connectivity index (χ1v) is 9.95. The third-order valence-electron chi connectivity index (χ3n) is 4.06. The van der Waals surface area contributed by atoms with Gasteiger partial charge in [-0.2, -0.15) is 0 Å². The van der Waals surface area contributed by atoms with E-state index in [0.717, 1.165) is 10.6 Å². The van der Waals surface area contributed by atoms with Crippen LogP contribution in [-0.4, -0.2) is 15.9 Å². The quantitative estimate of drug-likeness (QED) is 0.317. The average molecular weight is 402 g/mol. The van der Waals surface area contributed by atoms with Crippen molar-refractivity contribution < 1.29 is 14.3 Å². The SMILES string of the molecule is Cc1cccc(-c2nc(CC(=O)Oc3ccc(Oc4ccccn4)cc3)cs2)c1. The van der Waals surface area contributed by atoms with Gasteiger partial charge in [-0.15, -0.1) is 11.3 Å². The molecule has 0 amide bonds. The van der Waals surface area contributed by atoms with Crippen LogP contribution >= 0.6 is 11.3 Å². The van der Waals surface area contributed by atoms with Gasteiger partial charge in [0.05, 0.1) is 12.1 Å². The van der Waals surface area contributed by atoms with Gasteiger partial charge < -0.3 is 9.47 Å². The summed E-state index contributed by atoms with van der Waals surface area (Å²) in [5, 5.41) is 2.79. The van der Waals surface area contributed by atoms with E-state index in [1.807, 2.05) is 42.6 Å². The number of esters is 1. The monoisotopic (exact) mass is 402 g/mol. The first kappa shape index (κ1) is 18.8. The summed E-state index contributed by atoms with van der Waals surface area (Å²) in [7, 11) is 0. The summed E-state index contributed by atoms with van der Waals surface area (Å²) < 4.78 is 11.0. The summed E-state index contributed by atoms with van der Waals surface area (Å²) in [6, 6.07) is 20.4. The van der Waals surface area contributed by atoms with E-state index in [0.29, 0.717) is 23.1 Å².